The van der Waals surface area contributed by atoms with Gasteiger partial charge < -0.3 is 126 Å². The number of thioether (sulfide) groups is 1. The van der Waals surface area contributed by atoms with Crippen molar-refractivity contribution in [3.8, 4) is 5.75 Å². The summed E-state index contributed by atoms with van der Waals surface area (Å²) in [7, 11) is 3.97. The number of nitrogens with zero attached hydrogens (tertiary/aromatic N) is 5. The van der Waals surface area contributed by atoms with Gasteiger partial charge in [-0.1, -0.05) is 74.5 Å². The maximum Gasteiger partial charge on any atom is 0.245 e. The first kappa shape index (κ1) is 102. The third-order valence-electron chi connectivity index (χ3n) is 24.0. The van der Waals surface area contributed by atoms with Crippen LogP contribution in [0.3, 0.4) is 0 Å². The number of nitrogens with one attached hydrogen (secondary N) is 12. The average Bonchev–Trinajstić information content (AvgIpc) is 1.67. The lowest BCUT2D eigenvalue weighted by Gasteiger charge is -2.36. The number of rotatable bonds is 19. The summed E-state index contributed by atoms with van der Waals surface area (Å²) >= 11 is 0.789. The molecule has 4 aliphatic heterocycles. The van der Waals surface area contributed by atoms with E-state index in [0.29, 0.717) is 47.7 Å². The maximum absolute atomic E-state index is 15.7. The zero-order valence-corrected chi connectivity index (χ0v) is 74.8. The summed E-state index contributed by atoms with van der Waals surface area (Å²) in [5.74, 6) is -16.0. The summed E-state index contributed by atoms with van der Waals surface area (Å²) in [6.45, 7) is 2.00. The standard InChI is InChI=1S/C88H125N21O20S/c1-48(2)35-62-87(128)109-44-54(112)38-71(109)83(124)99-61(37-52-42-94-58-22-16-14-20-56(52)58)78(119)103-66(45-110)80(121)98-60(32-29-51-41-93-57-21-15-13-19-55(51)57)84(125)107(6)70-25-12-10-8-7-9-11-24-68(106(5)88(70)129)81(122)97-59(23-17-33-89)77(118)104-67(76(117)95-43-73(92)114)46-130-47-74(115)96-63(36-50-27-30-53(111)31-28-50)85(126)105(4)49(3)75(116)100-64(39-72(91)113)86(127)108-34-18-26-69(108)82(123)102-65(40-90)79(120)101-62/h7-8,13-16,19-22,27-28,30-31,41-42,48-49,54,59-71,86,93-94,110-112,127H,9-12,17-18,23-26,29,32-40,43-47,89-90H2,1-6H3,(H2,91,113)(H2,92,114)(H,95,117)(H,96,115)(H,97,122)(H,98,121)(H,99,124)(H,100,116)(H,101,120)(H,102,123)(H,103,119)(H,104,118)/b8-7-/t49-,54+,59+,60-,61+,62-,63-,64-,65-,66-,67+,68+,69-,70-,71-,86?/m0/s1. The molecule has 0 spiro atoms. The van der Waals surface area contributed by atoms with Gasteiger partial charge in [0, 0.05) is 100.0 Å². The summed E-state index contributed by atoms with van der Waals surface area (Å²) in [6, 6.07) is -1.10. The average molecular weight is 1830 g/mol. The number of aliphatic hydroxyl groups is 3. The number of nitrogens with two attached hydrogens (primary N) is 4. The third-order valence-corrected chi connectivity index (χ3v) is 25.0. The SMILES string of the molecule is CC(C)C[C@@H]1NC(=O)[C@H](CN)NC(=O)[C@@H]2CCCN2C(O)[C@H](CC(N)=O)NC(=O)[C@H](C)N(C)C(=O)[C@H](Cc2ccc(O)cc2)NC(=O)CSC[C@H](C(=O)NCC(N)=O)NC(=O)[C@@H](CCCN)NC(=O)[C@H]2CCC/C=C\CCC[C@@H](C(=O)N2C)N(C)C(=O)[C@H](CCc2c[nH]c3ccccc23)NC(=O)[C@H](CO)NC(=O)[C@@H](Cc2c[nH]c3ccccc23)NC(=O)[C@@H]2C[C@@H](O)CN2C1=O. The van der Waals surface area contributed by atoms with Gasteiger partial charge in [0.15, 0.2) is 0 Å². The van der Waals surface area contributed by atoms with Gasteiger partial charge >= 0.3 is 0 Å². The van der Waals surface area contributed by atoms with Crippen molar-refractivity contribution in [3.05, 3.63) is 114 Å². The van der Waals surface area contributed by atoms with Crippen LogP contribution < -0.4 is 76.1 Å². The van der Waals surface area contributed by atoms with Gasteiger partial charge in [-0.3, -0.25) is 81.6 Å². The smallest absolute Gasteiger partial charge is 0.245 e. The summed E-state index contributed by atoms with van der Waals surface area (Å²) in [5, 5.41) is 72.7. The first-order chi connectivity index (χ1) is 62.0. The minimum absolute atomic E-state index is 0.00483. The van der Waals surface area contributed by atoms with E-state index in [-0.39, 0.29) is 102 Å². The van der Waals surface area contributed by atoms with Crippen molar-refractivity contribution in [2.45, 2.75) is 227 Å². The lowest BCUT2D eigenvalue weighted by Crippen LogP contribution is -2.62. The van der Waals surface area contributed by atoms with Crippen LogP contribution in [-0.2, 0) is 96.0 Å². The number of hydrogen-bond acceptors (Lipinski definition) is 24. The minimum atomic E-state index is -1.86. The number of phenolic OH excluding ortho intramolecular Hbond substituents is 1. The monoisotopic (exact) mass is 1830 g/mol. The lowest BCUT2D eigenvalue weighted by atomic mass is 9.99. The number of H-pyrrole nitrogens is 2. The van der Waals surface area contributed by atoms with Gasteiger partial charge in [0.25, 0.3) is 0 Å². The molecule has 0 saturated carbocycles. The minimum Gasteiger partial charge on any atom is -0.508 e. The predicted octanol–water partition coefficient (Wildman–Crippen LogP) is -3.75. The summed E-state index contributed by atoms with van der Waals surface area (Å²) in [4.78, 5) is 245. The van der Waals surface area contributed by atoms with Gasteiger partial charge in [-0.2, -0.15) is 0 Å². The van der Waals surface area contributed by atoms with E-state index >= 15 is 33.6 Å². The number of carbonyl (C=O) groups is 16. The van der Waals surface area contributed by atoms with Crippen LogP contribution in [-0.4, -0.2) is 318 Å². The fourth-order valence-electron chi connectivity index (χ4n) is 16.6. The Kier molecular flexibility index (Phi) is 37.9. The van der Waals surface area contributed by atoms with Gasteiger partial charge in [0.1, 0.15) is 84.5 Å². The largest absolute Gasteiger partial charge is 0.508 e. The summed E-state index contributed by atoms with van der Waals surface area (Å²) in [6.07, 6.45) is 4.12. The van der Waals surface area contributed by atoms with E-state index in [2.05, 4.69) is 63.1 Å². The molecule has 6 heterocycles. The van der Waals surface area contributed by atoms with Crippen LogP contribution in [0.25, 0.3) is 21.8 Å². The molecular formula is C88H125N21O20S. The number of hydrogen-bond donors (Lipinski definition) is 20. The third kappa shape index (κ3) is 27.7. The van der Waals surface area contributed by atoms with Crippen LogP contribution in [0.1, 0.15) is 127 Å². The highest BCUT2D eigenvalue weighted by atomic mass is 32.2. The maximum atomic E-state index is 15.7. The highest BCUT2D eigenvalue weighted by Crippen LogP contribution is 2.29. The van der Waals surface area contributed by atoms with E-state index in [9.17, 15) is 63.6 Å². The van der Waals surface area contributed by atoms with Crippen molar-refractivity contribution in [3.63, 3.8) is 0 Å². The Labute approximate surface area is 756 Å². The Balaban J connectivity index is 1.07. The quantitative estimate of drug-likeness (QED) is 0.0353. The van der Waals surface area contributed by atoms with Crippen LogP contribution in [0.15, 0.2) is 97.3 Å². The van der Waals surface area contributed by atoms with E-state index in [1.54, 1.807) is 50.5 Å². The van der Waals surface area contributed by atoms with E-state index in [4.69, 9.17) is 22.9 Å². The second kappa shape index (κ2) is 48.5. The molecule has 41 nitrogen and oxygen atoms in total. The van der Waals surface area contributed by atoms with Crippen molar-refractivity contribution in [2.24, 2.45) is 28.9 Å². The number of fused-ring (bicyclic) bond motifs is 7. The number of benzene rings is 3. The molecule has 3 fully saturated rings. The number of phenols is 1. The fraction of sp³-hybridized carbons (Fsp3) is 0.545. The zero-order valence-electron chi connectivity index (χ0n) is 74.0. The highest BCUT2D eigenvalue weighted by Gasteiger charge is 2.47. The number of allylic oxidation sites excluding steroid dienone is 2. The molecule has 2 aromatic heterocycles. The number of aromatic amines is 2. The molecule has 4 aliphatic rings. The topological polar surface area (TPSA) is 626 Å². The number of likely N-dealkylation sites (N-methyl/N-ethyl adjacent to an activating group) is 3. The molecule has 130 heavy (non-hydrogen) atoms. The molecule has 1 unspecified atom stereocenters. The van der Waals surface area contributed by atoms with Gasteiger partial charge in [-0.05, 0) is 144 Å². The number of amides is 16. The number of carbonyl (C=O) groups excluding carboxylic acids is 16. The van der Waals surface area contributed by atoms with E-state index < -0.39 is 236 Å². The molecule has 16 atom stereocenters. The summed E-state index contributed by atoms with van der Waals surface area (Å²) < 4.78 is 0. The van der Waals surface area contributed by atoms with Crippen molar-refractivity contribution in [1.82, 2.24) is 87.6 Å². The number of aromatic hydroxyl groups is 1. The molecule has 9 rings (SSSR count). The predicted molar refractivity (Wildman–Crippen MR) is 479 cm³/mol. The molecule has 24 N–H and O–H groups in total. The normalized spacial score (nSPS) is 27.0. The number of aromatic nitrogens is 2. The molecule has 16 amide bonds. The Hall–Kier alpha value is -12.1. The molecule has 0 aliphatic carbocycles. The number of para-hydroxylation sites is 2. The summed E-state index contributed by atoms with van der Waals surface area (Å²) in [5.41, 5.74) is 26.4. The van der Waals surface area contributed by atoms with Crippen LogP contribution in [0.2, 0.25) is 0 Å². The molecule has 42 heteroatoms. The Morgan fingerprint density at radius 2 is 1.11 bits per heavy atom. The highest BCUT2D eigenvalue weighted by molar-refractivity contribution is 8.00. The van der Waals surface area contributed by atoms with Crippen molar-refractivity contribution < 1.29 is 97.1 Å². The van der Waals surface area contributed by atoms with Crippen LogP contribution in [0.4, 0.5) is 0 Å². The molecule has 2 bridgehead atoms. The first-order valence-electron chi connectivity index (χ1n) is 43.9. The molecule has 5 aromatic rings. The van der Waals surface area contributed by atoms with Crippen LogP contribution >= 0.6 is 11.8 Å². The van der Waals surface area contributed by atoms with E-state index in [1.165, 1.54) is 62.1 Å². The number of aryl methyl sites for hydroxylation is 1. The van der Waals surface area contributed by atoms with Gasteiger partial charge in [-0.15, -0.1) is 11.8 Å². The van der Waals surface area contributed by atoms with Gasteiger partial charge in [-0.25, -0.2) is 0 Å². The van der Waals surface area contributed by atoms with Crippen molar-refractivity contribution in [2.75, 3.05) is 72.0 Å². The molecular weight excluding hydrogens is 1700 g/mol. The van der Waals surface area contributed by atoms with Crippen LogP contribution in [0, 0.1) is 5.92 Å². The van der Waals surface area contributed by atoms with E-state index in [0.717, 1.165) is 42.9 Å². The van der Waals surface area contributed by atoms with Crippen molar-refractivity contribution >= 4 is 128 Å². The number of primary amides is 2. The fourth-order valence-corrected chi connectivity index (χ4v) is 17.5. The Morgan fingerprint density at radius 3 is 1.75 bits per heavy atom. The molecule has 3 aromatic carbocycles. The number of aliphatic hydroxyl groups excluding tert-OH is 3. The Bertz CT molecular complexity index is 4880. The molecule has 0 radical (unpaired) electrons. The van der Waals surface area contributed by atoms with Gasteiger partial charge in [0.2, 0.25) is 94.5 Å². The second-order valence-electron chi connectivity index (χ2n) is 33.9. The van der Waals surface area contributed by atoms with Crippen molar-refractivity contribution in [1.29, 1.82) is 0 Å². The zero-order chi connectivity index (χ0) is 94.7. The van der Waals surface area contributed by atoms with Gasteiger partial charge in [0.05, 0.1) is 43.5 Å². The van der Waals surface area contributed by atoms with E-state index in [1.807, 2.05) is 36.4 Å². The lowest BCUT2D eigenvalue weighted by molar-refractivity contribution is -0.149. The first-order valence-corrected chi connectivity index (χ1v) is 45.1. The molecule has 3 saturated heterocycles. The Morgan fingerprint density at radius 1 is 0.554 bits per heavy atom. The second-order valence-corrected chi connectivity index (χ2v) is 35.0. The van der Waals surface area contributed by atoms with Crippen LogP contribution in [0.5, 0.6) is 5.75 Å². The molecule has 708 valence electrons.